The van der Waals surface area contributed by atoms with Crippen molar-refractivity contribution in [3.05, 3.63) is 41.5 Å². The first-order valence-electron chi connectivity index (χ1n) is 6.88. The molecule has 0 unspecified atom stereocenters. The van der Waals surface area contributed by atoms with Crippen LogP contribution in [0, 0.1) is 0 Å². The fourth-order valence-electron chi connectivity index (χ4n) is 1.61. The van der Waals surface area contributed by atoms with E-state index < -0.39 is 5.97 Å². The van der Waals surface area contributed by atoms with Gasteiger partial charge in [0, 0.05) is 12.7 Å². The second-order valence-electron chi connectivity index (χ2n) is 4.44. The molecule has 0 heterocycles. The highest BCUT2D eigenvalue weighted by Gasteiger charge is 1.96. The molecule has 20 heavy (non-hydrogen) atoms. The summed E-state index contributed by atoms with van der Waals surface area (Å²) in [5.74, 6) is -0.948. The summed E-state index contributed by atoms with van der Waals surface area (Å²) in [4.78, 5) is 10.5. The SMILES string of the molecule is CCCCOCCOCc1cccc(C=CC(=O)O)c1. The summed E-state index contributed by atoms with van der Waals surface area (Å²) < 4.78 is 10.9. The Morgan fingerprint density at radius 2 is 2.05 bits per heavy atom. The van der Waals surface area contributed by atoms with E-state index in [-0.39, 0.29) is 0 Å². The number of hydrogen-bond acceptors (Lipinski definition) is 3. The van der Waals surface area contributed by atoms with E-state index in [2.05, 4.69) is 6.92 Å². The van der Waals surface area contributed by atoms with Gasteiger partial charge in [-0.2, -0.15) is 0 Å². The van der Waals surface area contributed by atoms with E-state index in [1.54, 1.807) is 6.08 Å². The number of rotatable bonds is 10. The molecule has 0 aliphatic rings. The van der Waals surface area contributed by atoms with Crippen molar-refractivity contribution in [2.75, 3.05) is 19.8 Å². The molecule has 0 saturated heterocycles. The fraction of sp³-hybridized carbons (Fsp3) is 0.438. The molecule has 1 aromatic carbocycles. The zero-order valence-corrected chi connectivity index (χ0v) is 11.9. The molecule has 0 aliphatic carbocycles. The summed E-state index contributed by atoms with van der Waals surface area (Å²) in [7, 11) is 0. The Balaban J connectivity index is 2.26. The minimum Gasteiger partial charge on any atom is -0.478 e. The van der Waals surface area contributed by atoms with Crippen LogP contribution in [0.4, 0.5) is 0 Å². The first-order valence-corrected chi connectivity index (χ1v) is 6.88. The quantitative estimate of drug-likeness (QED) is 0.528. The van der Waals surface area contributed by atoms with Gasteiger partial charge in [-0.3, -0.25) is 0 Å². The predicted octanol–water partition coefficient (Wildman–Crippen LogP) is 3.12. The molecule has 0 amide bonds. The maximum atomic E-state index is 10.5. The first kappa shape index (κ1) is 16.4. The van der Waals surface area contributed by atoms with Crippen molar-refractivity contribution in [2.24, 2.45) is 0 Å². The standard InChI is InChI=1S/C16H22O4/c1-2-3-9-19-10-11-20-13-15-6-4-5-14(12-15)7-8-16(17)18/h4-8,12H,2-3,9-11,13H2,1H3,(H,17,18). The van der Waals surface area contributed by atoms with Crippen molar-refractivity contribution in [1.29, 1.82) is 0 Å². The van der Waals surface area contributed by atoms with Crippen molar-refractivity contribution in [1.82, 2.24) is 0 Å². The topological polar surface area (TPSA) is 55.8 Å². The van der Waals surface area contributed by atoms with Gasteiger partial charge in [-0.15, -0.1) is 0 Å². The first-order chi connectivity index (χ1) is 9.72. The summed E-state index contributed by atoms with van der Waals surface area (Å²) in [6.07, 6.45) is 4.91. The monoisotopic (exact) mass is 278 g/mol. The van der Waals surface area contributed by atoms with Gasteiger partial charge in [-0.05, 0) is 29.7 Å². The number of unbranched alkanes of at least 4 members (excludes halogenated alkanes) is 1. The Labute approximate surface area is 120 Å². The second kappa shape index (κ2) is 10.2. The molecule has 1 aromatic rings. The molecule has 0 atom stereocenters. The molecule has 0 fully saturated rings. The Morgan fingerprint density at radius 1 is 1.25 bits per heavy atom. The van der Waals surface area contributed by atoms with Crippen LogP contribution in [-0.4, -0.2) is 30.9 Å². The average Bonchev–Trinajstić information content (AvgIpc) is 2.45. The Kier molecular flexibility index (Phi) is 8.35. The lowest BCUT2D eigenvalue weighted by atomic mass is 10.1. The molecule has 110 valence electrons. The normalized spacial score (nSPS) is 11.1. The zero-order valence-electron chi connectivity index (χ0n) is 11.9. The lowest BCUT2D eigenvalue weighted by Gasteiger charge is -2.06. The number of benzene rings is 1. The third-order valence-electron chi connectivity index (χ3n) is 2.65. The molecular weight excluding hydrogens is 256 g/mol. The van der Waals surface area contributed by atoms with Crippen LogP contribution in [0.2, 0.25) is 0 Å². The predicted molar refractivity (Wildman–Crippen MR) is 78.5 cm³/mol. The molecule has 0 spiro atoms. The third kappa shape index (κ3) is 7.71. The smallest absolute Gasteiger partial charge is 0.328 e. The van der Waals surface area contributed by atoms with Gasteiger partial charge in [0.25, 0.3) is 0 Å². The Hall–Kier alpha value is -1.65. The number of hydrogen-bond donors (Lipinski definition) is 1. The van der Waals surface area contributed by atoms with E-state index in [1.165, 1.54) is 0 Å². The van der Waals surface area contributed by atoms with Crippen LogP contribution in [0.25, 0.3) is 6.08 Å². The van der Waals surface area contributed by atoms with E-state index in [0.29, 0.717) is 19.8 Å². The zero-order chi connectivity index (χ0) is 14.6. The van der Waals surface area contributed by atoms with Crippen molar-refractivity contribution >= 4 is 12.0 Å². The van der Waals surface area contributed by atoms with Crippen LogP contribution < -0.4 is 0 Å². The van der Waals surface area contributed by atoms with Crippen LogP contribution in [0.3, 0.4) is 0 Å². The molecular formula is C16H22O4. The van der Waals surface area contributed by atoms with E-state index in [1.807, 2.05) is 24.3 Å². The van der Waals surface area contributed by atoms with Gasteiger partial charge in [0.15, 0.2) is 0 Å². The summed E-state index contributed by atoms with van der Waals surface area (Å²) in [5, 5.41) is 8.58. The van der Waals surface area contributed by atoms with Crippen molar-refractivity contribution in [3.63, 3.8) is 0 Å². The van der Waals surface area contributed by atoms with E-state index in [4.69, 9.17) is 14.6 Å². The lowest BCUT2D eigenvalue weighted by Crippen LogP contribution is -2.05. The van der Waals surface area contributed by atoms with Crippen LogP contribution >= 0.6 is 0 Å². The highest BCUT2D eigenvalue weighted by Crippen LogP contribution is 2.08. The number of ether oxygens (including phenoxy) is 2. The maximum absolute atomic E-state index is 10.5. The molecule has 1 N–H and O–H groups in total. The van der Waals surface area contributed by atoms with Gasteiger partial charge in [-0.25, -0.2) is 4.79 Å². The molecule has 0 saturated carbocycles. The molecule has 4 nitrogen and oxygen atoms in total. The summed E-state index contributed by atoms with van der Waals surface area (Å²) in [6.45, 7) is 4.60. The van der Waals surface area contributed by atoms with E-state index >= 15 is 0 Å². The van der Waals surface area contributed by atoms with Crippen molar-refractivity contribution in [3.8, 4) is 0 Å². The van der Waals surface area contributed by atoms with Crippen LogP contribution in [0.1, 0.15) is 30.9 Å². The summed E-state index contributed by atoms with van der Waals surface area (Å²) in [6, 6.07) is 7.61. The van der Waals surface area contributed by atoms with Gasteiger partial charge in [0.05, 0.1) is 19.8 Å². The number of carboxylic acid groups (broad SMARTS) is 1. The molecule has 0 radical (unpaired) electrons. The van der Waals surface area contributed by atoms with Gasteiger partial charge in [0.2, 0.25) is 0 Å². The van der Waals surface area contributed by atoms with Crippen LogP contribution in [-0.2, 0) is 20.9 Å². The van der Waals surface area contributed by atoms with Gasteiger partial charge >= 0.3 is 5.97 Å². The van der Waals surface area contributed by atoms with Crippen LogP contribution in [0.15, 0.2) is 30.3 Å². The maximum Gasteiger partial charge on any atom is 0.328 e. The van der Waals surface area contributed by atoms with Crippen molar-refractivity contribution < 1.29 is 19.4 Å². The molecule has 1 rings (SSSR count). The Morgan fingerprint density at radius 3 is 2.80 bits per heavy atom. The highest BCUT2D eigenvalue weighted by atomic mass is 16.5. The summed E-state index contributed by atoms with van der Waals surface area (Å²) >= 11 is 0. The molecule has 4 heteroatoms. The number of carbonyl (C=O) groups is 1. The molecule has 0 aliphatic heterocycles. The third-order valence-corrected chi connectivity index (χ3v) is 2.65. The largest absolute Gasteiger partial charge is 0.478 e. The van der Waals surface area contributed by atoms with Gasteiger partial charge in [0.1, 0.15) is 0 Å². The Bertz CT molecular complexity index is 426. The lowest BCUT2D eigenvalue weighted by molar-refractivity contribution is -0.131. The van der Waals surface area contributed by atoms with Gasteiger partial charge in [-0.1, -0.05) is 31.5 Å². The molecule has 0 aromatic heterocycles. The van der Waals surface area contributed by atoms with Gasteiger partial charge < -0.3 is 14.6 Å². The van der Waals surface area contributed by atoms with Crippen molar-refractivity contribution in [2.45, 2.75) is 26.4 Å². The van der Waals surface area contributed by atoms with E-state index in [9.17, 15) is 4.79 Å². The van der Waals surface area contributed by atoms with Crippen LogP contribution in [0.5, 0.6) is 0 Å². The number of aliphatic carboxylic acids is 1. The average molecular weight is 278 g/mol. The number of carboxylic acids is 1. The summed E-state index contributed by atoms with van der Waals surface area (Å²) in [5.41, 5.74) is 1.87. The van der Waals surface area contributed by atoms with E-state index in [0.717, 1.165) is 36.7 Å². The fourth-order valence-corrected chi connectivity index (χ4v) is 1.61. The minimum absolute atomic E-state index is 0.506. The molecule has 0 bridgehead atoms. The minimum atomic E-state index is -0.948. The highest BCUT2D eigenvalue weighted by molar-refractivity contribution is 5.85. The second-order valence-corrected chi connectivity index (χ2v) is 4.44.